The summed E-state index contributed by atoms with van der Waals surface area (Å²) in [5.41, 5.74) is 1.22. The van der Waals surface area contributed by atoms with Gasteiger partial charge in [-0.05, 0) is 50.4 Å². The molecule has 7 heteroatoms. The van der Waals surface area contributed by atoms with Crippen LogP contribution >= 0.6 is 0 Å². The Balaban J connectivity index is 1.53. The van der Waals surface area contributed by atoms with Crippen LogP contribution in [-0.2, 0) is 0 Å². The summed E-state index contributed by atoms with van der Waals surface area (Å²) >= 11 is 0. The van der Waals surface area contributed by atoms with E-state index < -0.39 is 11.9 Å². The minimum atomic E-state index is -0.635. The van der Waals surface area contributed by atoms with Crippen LogP contribution in [0.25, 0.3) is 5.65 Å². The lowest BCUT2D eigenvalue weighted by atomic mass is 10.0. The lowest BCUT2D eigenvalue weighted by Crippen LogP contribution is -2.43. The van der Waals surface area contributed by atoms with Gasteiger partial charge in [0.05, 0.1) is 6.61 Å². The first-order chi connectivity index (χ1) is 12.1. The number of aryl methyl sites for hydroxylation is 1. The van der Waals surface area contributed by atoms with Crippen molar-refractivity contribution in [1.82, 2.24) is 19.6 Å². The van der Waals surface area contributed by atoms with Crippen molar-refractivity contribution in [3.05, 3.63) is 35.5 Å². The molecule has 1 saturated heterocycles. The second-order valence-electron chi connectivity index (χ2n) is 6.66. The Hall–Kier alpha value is -1.99. The Kier molecular flexibility index (Phi) is 5.65. The Morgan fingerprint density at radius 2 is 2.32 bits per heavy atom. The average Bonchev–Trinajstić information content (AvgIpc) is 2.95. The molecule has 2 aromatic heterocycles. The van der Waals surface area contributed by atoms with E-state index in [-0.39, 0.29) is 18.3 Å². The number of aliphatic hydroxyl groups excluding tert-OH is 1. The second kappa shape index (κ2) is 7.93. The molecule has 1 atom stereocenters. The molecule has 0 saturated carbocycles. The van der Waals surface area contributed by atoms with Gasteiger partial charge in [0.15, 0.2) is 5.69 Å². The number of aliphatic hydroxyl groups is 1. The zero-order valence-corrected chi connectivity index (χ0v) is 14.5. The summed E-state index contributed by atoms with van der Waals surface area (Å²) in [6, 6.07) is 3.74. The van der Waals surface area contributed by atoms with E-state index in [1.807, 2.05) is 6.92 Å². The zero-order valence-electron chi connectivity index (χ0n) is 14.5. The number of carbonyl (C=O) groups is 1. The van der Waals surface area contributed by atoms with E-state index in [0.717, 1.165) is 44.3 Å². The molecule has 0 aromatic carbocycles. The van der Waals surface area contributed by atoms with E-state index in [4.69, 9.17) is 0 Å². The van der Waals surface area contributed by atoms with Crippen LogP contribution in [-0.4, -0.2) is 57.6 Å². The number of imidazole rings is 1. The Bertz CT molecular complexity index is 746. The van der Waals surface area contributed by atoms with E-state index in [1.54, 1.807) is 18.3 Å². The number of carbonyl (C=O) groups excluding carboxylic acids is 1. The lowest BCUT2D eigenvalue weighted by Gasteiger charge is -2.34. The minimum absolute atomic E-state index is 0.170. The molecule has 6 nitrogen and oxygen atoms in total. The fraction of sp³-hybridized carbons (Fsp3) is 0.556. The lowest BCUT2D eigenvalue weighted by molar-refractivity contribution is 0.0865. The van der Waals surface area contributed by atoms with Crippen LogP contribution in [0.4, 0.5) is 4.39 Å². The maximum atomic E-state index is 14.3. The van der Waals surface area contributed by atoms with Gasteiger partial charge in [0.1, 0.15) is 5.65 Å². The molecule has 0 unspecified atom stereocenters. The van der Waals surface area contributed by atoms with Crippen molar-refractivity contribution in [2.24, 2.45) is 0 Å². The highest BCUT2D eigenvalue weighted by molar-refractivity contribution is 5.93. The topological polar surface area (TPSA) is 69.9 Å². The number of nitrogens with one attached hydrogen (secondary N) is 1. The molecule has 3 heterocycles. The van der Waals surface area contributed by atoms with Crippen molar-refractivity contribution in [1.29, 1.82) is 0 Å². The van der Waals surface area contributed by atoms with Gasteiger partial charge >= 0.3 is 0 Å². The van der Waals surface area contributed by atoms with Gasteiger partial charge in [-0.2, -0.15) is 4.39 Å². The first-order valence-corrected chi connectivity index (χ1v) is 8.87. The number of fused-ring (bicyclic) bond motifs is 1. The van der Waals surface area contributed by atoms with Crippen LogP contribution in [0.15, 0.2) is 18.3 Å². The molecule has 3 rings (SSSR count). The summed E-state index contributed by atoms with van der Waals surface area (Å²) < 4.78 is 15.6. The van der Waals surface area contributed by atoms with Crippen LogP contribution in [0, 0.1) is 12.9 Å². The number of likely N-dealkylation sites (tertiary alicyclic amines) is 1. The van der Waals surface area contributed by atoms with Gasteiger partial charge in [-0.1, -0.05) is 6.42 Å². The molecular weight excluding hydrogens is 323 g/mol. The Morgan fingerprint density at radius 1 is 1.48 bits per heavy atom. The summed E-state index contributed by atoms with van der Waals surface area (Å²) in [7, 11) is 0. The van der Waals surface area contributed by atoms with E-state index >= 15 is 0 Å². The number of aromatic nitrogens is 2. The fourth-order valence-electron chi connectivity index (χ4n) is 3.39. The standard InChI is InChI=1S/C18H25FN4O2/c1-13-6-10-23-15(11-13)21-16(17(23)19)18(25)20-7-4-9-22-8-3-2-5-14(22)12-24/h6,10-11,14,24H,2-5,7-9,12H2,1H3,(H,20,25)/t14-/m0/s1. The predicted octanol–water partition coefficient (Wildman–Crippen LogP) is 1.75. The van der Waals surface area contributed by atoms with Gasteiger partial charge < -0.3 is 10.4 Å². The summed E-state index contributed by atoms with van der Waals surface area (Å²) in [6.45, 7) is 4.34. The van der Waals surface area contributed by atoms with Crippen LogP contribution in [0.1, 0.15) is 41.7 Å². The van der Waals surface area contributed by atoms with Gasteiger partial charge in [0.25, 0.3) is 5.91 Å². The van der Waals surface area contributed by atoms with E-state index in [2.05, 4.69) is 15.2 Å². The van der Waals surface area contributed by atoms with Gasteiger partial charge in [-0.3, -0.25) is 14.1 Å². The number of piperidine rings is 1. The van der Waals surface area contributed by atoms with Crippen LogP contribution in [0.5, 0.6) is 0 Å². The minimum Gasteiger partial charge on any atom is -0.395 e. The molecule has 0 radical (unpaired) electrons. The molecule has 1 amide bonds. The first-order valence-electron chi connectivity index (χ1n) is 8.87. The third-order valence-electron chi connectivity index (χ3n) is 4.81. The third kappa shape index (κ3) is 3.99. The van der Waals surface area contributed by atoms with E-state index in [1.165, 1.54) is 4.40 Å². The molecule has 136 valence electrons. The highest BCUT2D eigenvalue weighted by Crippen LogP contribution is 2.16. The molecular formula is C18H25FN4O2. The second-order valence-corrected chi connectivity index (χ2v) is 6.66. The normalized spacial score (nSPS) is 18.6. The van der Waals surface area contributed by atoms with Crippen molar-refractivity contribution >= 4 is 11.6 Å². The first kappa shape index (κ1) is 17.8. The highest BCUT2D eigenvalue weighted by Gasteiger charge is 2.22. The quantitative estimate of drug-likeness (QED) is 0.781. The van der Waals surface area contributed by atoms with Crippen LogP contribution in [0.2, 0.25) is 0 Å². The monoisotopic (exact) mass is 348 g/mol. The summed E-state index contributed by atoms with van der Waals surface area (Å²) in [5, 5.41) is 12.2. The molecule has 2 aromatic rings. The van der Waals surface area contributed by atoms with Crippen molar-refractivity contribution in [3.63, 3.8) is 0 Å². The number of pyridine rings is 1. The number of rotatable bonds is 6. The average molecular weight is 348 g/mol. The number of halogens is 1. The molecule has 0 bridgehead atoms. The Morgan fingerprint density at radius 3 is 3.12 bits per heavy atom. The van der Waals surface area contributed by atoms with Gasteiger partial charge in [-0.15, -0.1) is 0 Å². The fourth-order valence-corrected chi connectivity index (χ4v) is 3.39. The van der Waals surface area contributed by atoms with E-state index in [9.17, 15) is 14.3 Å². The molecule has 25 heavy (non-hydrogen) atoms. The third-order valence-corrected chi connectivity index (χ3v) is 4.81. The number of nitrogens with zero attached hydrogens (tertiary/aromatic N) is 3. The molecule has 2 N–H and O–H groups in total. The molecule has 1 fully saturated rings. The molecule has 0 spiro atoms. The summed E-state index contributed by atoms with van der Waals surface area (Å²) in [4.78, 5) is 18.6. The number of hydrogen-bond acceptors (Lipinski definition) is 4. The van der Waals surface area contributed by atoms with Crippen molar-refractivity contribution in [2.45, 2.75) is 38.6 Å². The van der Waals surface area contributed by atoms with Crippen molar-refractivity contribution in [3.8, 4) is 0 Å². The van der Waals surface area contributed by atoms with Gasteiger partial charge in [0, 0.05) is 25.3 Å². The number of hydrogen-bond donors (Lipinski definition) is 2. The SMILES string of the molecule is Cc1ccn2c(F)c(C(=O)NCCCN3CCCC[C@H]3CO)nc2c1. The maximum Gasteiger partial charge on any atom is 0.274 e. The predicted molar refractivity (Wildman–Crippen MR) is 93.1 cm³/mol. The Labute approximate surface area is 146 Å². The summed E-state index contributed by atoms with van der Waals surface area (Å²) in [6.07, 6.45) is 5.67. The van der Waals surface area contributed by atoms with Crippen molar-refractivity contribution in [2.75, 3.05) is 26.2 Å². The van der Waals surface area contributed by atoms with Crippen LogP contribution < -0.4 is 5.32 Å². The van der Waals surface area contributed by atoms with E-state index in [0.29, 0.717) is 12.2 Å². The van der Waals surface area contributed by atoms with Crippen molar-refractivity contribution < 1.29 is 14.3 Å². The van der Waals surface area contributed by atoms with Gasteiger partial charge in [0.2, 0.25) is 5.95 Å². The van der Waals surface area contributed by atoms with Gasteiger partial charge in [-0.25, -0.2) is 4.98 Å². The highest BCUT2D eigenvalue weighted by atomic mass is 19.1. The number of amides is 1. The smallest absolute Gasteiger partial charge is 0.274 e. The molecule has 1 aliphatic rings. The molecule has 1 aliphatic heterocycles. The zero-order chi connectivity index (χ0) is 17.8. The van der Waals surface area contributed by atoms with Crippen LogP contribution in [0.3, 0.4) is 0 Å². The largest absolute Gasteiger partial charge is 0.395 e. The summed E-state index contributed by atoms with van der Waals surface area (Å²) in [5.74, 6) is -1.12. The molecule has 0 aliphatic carbocycles. The maximum absolute atomic E-state index is 14.3.